The summed E-state index contributed by atoms with van der Waals surface area (Å²) in [4.78, 5) is 53.8. The number of esters is 2. The number of para-hydroxylation sites is 1. The number of H-pyrrole nitrogens is 1. The molecule has 2 aliphatic heterocycles. The van der Waals surface area contributed by atoms with Gasteiger partial charge in [-0.15, -0.1) is 0 Å². The monoisotopic (exact) mass is 670 g/mol. The second kappa shape index (κ2) is 15.5. The van der Waals surface area contributed by atoms with Crippen LogP contribution in [-0.4, -0.2) is 95.9 Å². The third kappa shape index (κ3) is 9.33. The van der Waals surface area contributed by atoms with Crippen LogP contribution in [0.15, 0.2) is 52.2 Å². The van der Waals surface area contributed by atoms with Crippen LogP contribution in [0.4, 0.5) is 4.39 Å². The van der Waals surface area contributed by atoms with Gasteiger partial charge in [0, 0.05) is 31.9 Å². The van der Waals surface area contributed by atoms with Crippen molar-refractivity contribution in [1.29, 1.82) is 0 Å². The summed E-state index contributed by atoms with van der Waals surface area (Å²) >= 11 is 0. The molecule has 3 heterocycles. The van der Waals surface area contributed by atoms with Crippen LogP contribution in [0.5, 0.6) is 5.75 Å². The summed E-state index contributed by atoms with van der Waals surface area (Å²) in [7, 11) is -4.42. The number of nitrogens with zero attached hydrogens (tertiary/aromatic N) is 2. The third-order valence-electron chi connectivity index (χ3n) is 7.21. The normalized spacial score (nSPS) is 25.5. The molecular formula is C29H40FN4O11P. The molecule has 0 bridgehead atoms. The van der Waals surface area contributed by atoms with Crippen molar-refractivity contribution in [1.82, 2.24) is 19.5 Å². The number of carbonyl (C=O) groups is 2. The van der Waals surface area contributed by atoms with Crippen LogP contribution in [0, 0.1) is 0 Å². The highest BCUT2D eigenvalue weighted by molar-refractivity contribution is 7.52. The standard InChI is InChI=1S/C29H40FN4O11P/c1-19(2)42-26(37)20(3)32-46(39,45-21-8-6-5-7-9-21)41-18-22-25(44-24(36)11-12-33-14-16-40-17-15-33)29(4,30)27(43-22)34-13-10-23(35)31-28(34)38/h5-10,13,19-20,22,25,27H,11-12,14-18H2,1-4H3,(H,32,39)(H,31,35,38)/t20-,22+,25+,27+,29+,46-/m0/s1. The van der Waals surface area contributed by atoms with E-state index in [2.05, 4.69) is 5.09 Å². The highest BCUT2D eigenvalue weighted by Gasteiger charge is 2.58. The second-order valence-electron chi connectivity index (χ2n) is 11.3. The zero-order valence-corrected chi connectivity index (χ0v) is 27.0. The fourth-order valence-corrected chi connectivity index (χ4v) is 6.42. The van der Waals surface area contributed by atoms with E-state index in [0.717, 1.165) is 23.8 Å². The van der Waals surface area contributed by atoms with E-state index in [4.69, 9.17) is 28.0 Å². The maximum absolute atomic E-state index is 16.6. The fourth-order valence-electron chi connectivity index (χ4n) is 4.92. The van der Waals surface area contributed by atoms with Gasteiger partial charge in [0.1, 0.15) is 17.9 Å². The molecule has 2 aromatic rings. The molecule has 0 saturated carbocycles. The van der Waals surface area contributed by atoms with Crippen LogP contribution >= 0.6 is 7.75 Å². The summed E-state index contributed by atoms with van der Waals surface area (Å²) in [5.41, 5.74) is -4.20. The van der Waals surface area contributed by atoms with Crippen LogP contribution in [-0.2, 0) is 37.6 Å². The Labute approximate surface area is 264 Å². The Morgan fingerprint density at radius 3 is 2.50 bits per heavy atom. The molecular weight excluding hydrogens is 630 g/mol. The van der Waals surface area contributed by atoms with Crippen LogP contribution in [0.2, 0.25) is 0 Å². The number of nitrogens with one attached hydrogen (secondary N) is 2. The topological polar surface area (TPSA) is 177 Å². The van der Waals surface area contributed by atoms with Gasteiger partial charge in [-0.2, -0.15) is 5.09 Å². The SMILES string of the molecule is CC(C)OC(=O)[C@H](C)N[P@](=O)(OC[C@H]1O[C@@H](n2ccc(=O)[nH]c2=O)[C@](C)(F)[C@@H]1OC(=O)CCN1CCOCC1)Oc1ccccc1. The predicted molar refractivity (Wildman–Crippen MR) is 161 cm³/mol. The van der Waals surface area contributed by atoms with Crippen molar-refractivity contribution in [2.75, 3.05) is 39.5 Å². The Balaban J connectivity index is 1.57. The molecule has 4 rings (SSSR count). The zero-order chi connectivity index (χ0) is 33.5. The first-order chi connectivity index (χ1) is 21.8. The largest absolute Gasteiger partial charge is 0.462 e. The summed E-state index contributed by atoms with van der Waals surface area (Å²) in [6, 6.07) is 7.84. The minimum Gasteiger partial charge on any atom is -0.462 e. The average Bonchev–Trinajstić information content (AvgIpc) is 3.24. The van der Waals surface area contributed by atoms with Gasteiger partial charge in [0.2, 0.25) is 0 Å². The van der Waals surface area contributed by atoms with E-state index >= 15 is 4.39 Å². The molecule has 2 saturated heterocycles. The Bertz CT molecular complexity index is 1500. The highest BCUT2D eigenvalue weighted by atomic mass is 31.2. The Hall–Kier alpha value is -3.40. The van der Waals surface area contributed by atoms with E-state index in [1.54, 1.807) is 32.0 Å². The number of halogens is 1. The third-order valence-corrected chi connectivity index (χ3v) is 8.86. The van der Waals surface area contributed by atoms with Crippen molar-refractivity contribution in [2.24, 2.45) is 0 Å². The fraction of sp³-hybridized carbons (Fsp3) is 0.586. The van der Waals surface area contributed by atoms with Crippen molar-refractivity contribution in [3.8, 4) is 5.75 Å². The first kappa shape index (κ1) is 35.5. The first-order valence-corrected chi connectivity index (χ1v) is 16.4. The predicted octanol–water partition coefficient (Wildman–Crippen LogP) is 1.93. The molecule has 1 aromatic heterocycles. The van der Waals surface area contributed by atoms with Gasteiger partial charge in [-0.3, -0.25) is 33.4 Å². The Morgan fingerprint density at radius 1 is 1.15 bits per heavy atom. The van der Waals surface area contributed by atoms with E-state index in [-0.39, 0.29) is 12.2 Å². The van der Waals surface area contributed by atoms with Crippen molar-refractivity contribution in [3.63, 3.8) is 0 Å². The zero-order valence-electron chi connectivity index (χ0n) is 26.1. The van der Waals surface area contributed by atoms with E-state index < -0.39 is 73.8 Å². The number of aromatic nitrogens is 2. The van der Waals surface area contributed by atoms with E-state index in [1.807, 2.05) is 9.88 Å². The van der Waals surface area contributed by atoms with Gasteiger partial charge in [0.25, 0.3) is 5.56 Å². The van der Waals surface area contributed by atoms with Gasteiger partial charge < -0.3 is 23.5 Å². The Kier molecular flexibility index (Phi) is 11.9. The summed E-state index contributed by atoms with van der Waals surface area (Å²) in [6.07, 6.45) is -4.22. The van der Waals surface area contributed by atoms with Gasteiger partial charge in [-0.25, -0.2) is 13.8 Å². The molecule has 254 valence electrons. The number of hydrogen-bond donors (Lipinski definition) is 2. The maximum Gasteiger partial charge on any atom is 0.459 e. The molecule has 2 aliphatic rings. The van der Waals surface area contributed by atoms with Crippen molar-refractivity contribution in [3.05, 3.63) is 63.4 Å². The quantitative estimate of drug-likeness (QED) is 0.220. The number of carbonyl (C=O) groups excluding carboxylic acids is 2. The van der Waals surface area contributed by atoms with Crippen molar-refractivity contribution >= 4 is 19.7 Å². The number of benzene rings is 1. The summed E-state index contributed by atoms with van der Waals surface area (Å²) in [6.45, 7) is 7.76. The number of aromatic amines is 1. The number of hydrogen-bond acceptors (Lipinski definition) is 12. The molecule has 6 atom stereocenters. The van der Waals surface area contributed by atoms with Crippen LogP contribution in [0.3, 0.4) is 0 Å². The number of rotatable bonds is 14. The lowest BCUT2D eigenvalue weighted by atomic mass is 9.98. The minimum absolute atomic E-state index is 0.0733. The number of alkyl halides is 1. The molecule has 15 nitrogen and oxygen atoms in total. The molecule has 0 amide bonds. The molecule has 1 aromatic carbocycles. The van der Waals surface area contributed by atoms with Crippen molar-refractivity contribution < 1.29 is 46.5 Å². The van der Waals surface area contributed by atoms with Gasteiger partial charge in [0.05, 0.1) is 32.3 Å². The number of morpholine rings is 1. The molecule has 0 aliphatic carbocycles. The van der Waals surface area contributed by atoms with E-state index in [9.17, 15) is 23.7 Å². The lowest BCUT2D eigenvalue weighted by molar-refractivity contribution is -0.159. The van der Waals surface area contributed by atoms with Gasteiger partial charge in [-0.05, 0) is 39.8 Å². The lowest BCUT2D eigenvalue weighted by Gasteiger charge is -2.29. The highest BCUT2D eigenvalue weighted by Crippen LogP contribution is 2.48. The van der Waals surface area contributed by atoms with Crippen LogP contribution in [0.1, 0.15) is 40.3 Å². The first-order valence-electron chi connectivity index (χ1n) is 14.9. The minimum atomic E-state index is -4.42. The van der Waals surface area contributed by atoms with Crippen LogP contribution in [0.25, 0.3) is 0 Å². The molecule has 46 heavy (non-hydrogen) atoms. The molecule has 0 radical (unpaired) electrons. The second-order valence-corrected chi connectivity index (χ2v) is 13.0. The van der Waals surface area contributed by atoms with E-state index in [0.29, 0.717) is 32.8 Å². The molecule has 2 N–H and O–H groups in total. The molecule has 2 fully saturated rings. The maximum atomic E-state index is 16.6. The van der Waals surface area contributed by atoms with Gasteiger partial charge in [0.15, 0.2) is 18.0 Å². The average molecular weight is 671 g/mol. The summed E-state index contributed by atoms with van der Waals surface area (Å²) in [5, 5.41) is 2.53. The number of ether oxygens (including phenoxy) is 4. The summed E-state index contributed by atoms with van der Waals surface area (Å²) in [5.74, 6) is -1.34. The molecule has 17 heteroatoms. The van der Waals surface area contributed by atoms with Gasteiger partial charge in [-0.1, -0.05) is 18.2 Å². The lowest BCUT2D eigenvalue weighted by Crippen LogP contribution is -2.46. The summed E-state index contributed by atoms with van der Waals surface area (Å²) < 4.78 is 64.8. The molecule has 0 spiro atoms. The van der Waals surface area contributed by atoms with Crippen molar-refractivity contribution in [2.45, 2.75) is 70.4 Å². The van der Waals surface area contributed by atoms with Crippen LogP contribution < -0.4 is 20.9 Å². The smallest absolute Gasteiger partial charge is 0.459 e. The Morgan fingerprint density at radius 2 is 1.85 bits per heavy atom. The molecule has 0 unspecified atom stereocenters. The van der Waals surface area contributed by atoms with E-state index in [1.165, 1.54) is 19.1 Å². The van der Waals surface area contributed by atoms with Gasteiger partial charge >= 0.3 is 25.4 Å².